The van der Waals surface area contributed by atoms with Crippen molar-refractivity contribution < 1.29 is 5.11 Å². The second-order valence-corrected chi connectivity index (χ2v) is 3.37. The summed E-state index contributed by atoms with van der Waals surface area (Å²) in [5.74, 6) is 1.98. The molecule has 1 aromatic heterocycles. The Kier molecular flexibility index (Phi) is 2.41. The fourth-order valence-corrected chi connectivity index (χ4v) is 1.60. The SMILES string of the molecule is CCc1nnc(C)n1-c1cccc(O)c1. The quantitative estimate of drug-likeness (QED) is 0.810. The summed E-state index contributed by atoms with van der Waals surface area (Å²) in [4.78, 5) is 0. The fourth-order valence-electron chi connectivity index (χ4n) is 1.60. The molecule has 0 saturated heterocycles. The zero-order chi connectivity index (χ0) is 10.8. The van der Waals surface area contributed by atoms with Gasteiger partial charge in [0.2, 0.25) is 0 Å². The number of hydrogen-bond acceptors (Lipinski definition) is 3. The van der Waals surface area contributed by atoms with E-state index in [1.807, 2.05) is 30.5 Å². The molecule has 0 fully saturated rings. The van der Waals surface area contributed by atoms with Crippen LogP contribution in [0.4, 0.5) is 0 Å². The van der Waals surface area contributed by atoms with Crippen molar-refractivity contribution in [1.29, 1.82) is 0 Å². The average molecular weight is 203 g/mol. The number of benzene rings is 1. The van der Waals surface area contributed by atoms with Crippen LogP contribution in [0.25, 0.3) is 5.69 Å². The molecule has 0 aliphatic rings. The van der Waals surface area contributed by atoms with Gasteiger partial charge in [0.25, 0.3) is 0 Å². The highest BCUT2D eigenvalue weighted by Crippen LogP contribution is 2.18. The van der Waals surface area contributed by atoms with Gasteiger partial charge in [0.05, 0.1) is 5.69 Å². The molecule has 0 aliphatic heterocycles. The first kappa shape index (κ1) is 9.71. The van der Waals surface area contributed by atoms with E-state index in [1.165, 1.54) is 0 Å². The van der Waals surface area contributed by atoms with E-state index in [9.17, 15) is 5.11 Å². The Morgan fingerprint density at radius 1 is 1.33 bits per heavy atom. The first-order chi connectivity index (χ1) is 7.22. The smallest absolute Gasteiger partial charge is 0.137 e. The van der Waals surface area contributed by atoms with Crippen LogP contribution in [0.1, 0.15) is 18.6 Å². The van der Waals surface area contributed by atoms with Crippen molar-refractivity contribution in [1.82, 2.24) is 14.8 Å². The minimum absolute atomic E-state index is 0.252. The third-order valence-electron chi connectivity index (χ3n) is 2.30. The van der Waals surface area contributed by atoms with Crippen LogP contribution in [-0.4, -0.2) is 19.9 Å². The number of rotatable bonds is 2. The van der Waals surface area contributed by atoms with Gasteiger partial charge in [0.1, 0.15) is 17.4 Å². The second kappa shape index (κ2) is 3.73. The normalized spacial score (nSPS) is 10.5. The Morgan fingerprint density at radius 3 is 2.80 bits per heavy atom. The van der Waals surface area contributed by atoms with Crippen molar-refractivity contribution in [3.8, 4) is 11.4 Å². The highest BCUT2D eigenvalue weighted by Gasteiger charge is 2.08. The lowest BCUT2D eigenvalue weighted by atomic mass is 10.3. The maximum absolute atomic E-state index is 9.41. The van der Waals surface area contributed by atoms with Crippen molar-refractivity contribution in [2.45, 2.75) is 20.3 Å². The van der Waals surface area contributed by atoms with E-state index in [-0.39, 0.29) is 5.75 Å². The van der Waals surface area contributed by atoms with Crippen molar-refractivity contribution in [3.63, 3.8) is 0 Å². The van der Waals surface area contributed by atoms with Gasteiger partial charge in [-0.15, -0.1) is 10.2 Å². The van der Waals surface area contributed by atoms with E-state index >= 15 is 0 Å². The summed E-state index contributed by atoms with van der Waals surface area (Å²) in [6.45, 7) is 3.93. The summed E-state index contributed by atoms with van der Waals surface area (Å²) in [5.41, 5.74) is 0.898. The number of phenols is 1. The van der Waals surface area contributed by atoms with Crippen LogP contribution in [0.15, 0.2) is 24.3 Å². The largest absolute Gasteiger partial charge is 0.508 e. The van der Waals surface area contributed by atoms with Gasteiger partial charge in [-0.1, -0.05) is 13.0 Å². The number of nitrogens with zero attached hydrogens (tertiary/aromatic N) is 3. The summed E-state index contributed by atoms with van der Waals surface area (Å²) in [7, 11) is 0. The minimum atomic E-state index is 0.252. The monoisotopic (exact) mass is 203 g/mol. The van der Waals surface area contributed by atoms with Gasteiger partial charge in [0.15, 0.2) is 0 Å². The van der Waals surface area contributed by atoms with Gasteiger partial charge in [0, 0.05) is 12.5 Å². The first-order valence-corrected chi connectivity index (χ1v) is 4.92. The number of aromatic nitrogens is 3. The molecule has 0 aliphatic carbocycles. The van der Waals surface area contributed by atoms with Crippen molar-refractivity contribution in [2.24, 2.45) is 0 Å². The topological polar surface area (TPSA) is 50.9 Å². The van der Waals surface area contributed by atoms with Crippen LogP contribution in [-0.2, 0) is 6.42 Å². The molecule has 1 heterocycles. The van der Waals surface area contributed by atoms with Gasteiger partial charge < -0.3 is 5.11 Å². The van der Waals surface area contributed by atoms with Gasteiger partial charge in [-0.25, -0.2) is 0 Å². The van der Waals surface area contributed by atoms with Crippen molar-refractivity contribution in [2.75, 3.05) is 0 Å². The molecular weight excluding hydrogens is 190 g/mol. The van der Waals surface area contributed by atoms with Crippen molar-refractivity contribution in [3.05, 3.63) is 35.9 Å². The fraction of sp³-hybridized carbons (Fsp3) is 0.273. The zero-order valence-corrected chi connectivity index (χ0v) is 8.81. The van der Waals surface area contributed by atoms with Gasteiger partial charge in [-0.2, -0.15) is 0 Å². The maximum Gasteiger partial charge on any atom is 0.137 e. The molecular formula is C11H13N3O. The number of aryl methyl sites for hydroxylation is 2. The molecule has 0 bridgehead atoms. The lowest BCUT2D eigenvalue weighted by Gasteiger charge is -2.07. The molecule has 1 N–H and O–H groups in total. The third kappa shape index (κ3) is 1.70. The Labute approximate surface area is 88.2 Å². The van der Waals surface area contributed by atoms with E-state index in [4.69, 9.17) is 0 Å². The molecule has 2 rings (SSSR count). The second-order valence-electron chi connectivity index (χ2n) is 3.37. The third-order valence-corrected chi connectivity index (χ3v) is 2.30. The van der Waals surface area contributed by atoms with Gasteiger partial charge in [-0.3, -0.25) is 4.57 Å². The molecule has 15 heavy (non-hydrogen) atoms. The van der Waals surface area contributed by atoms with E-state index in [2.05, 4.69) is 10.2 Å². The molecule has 0 amide bonds. The highest BCUT2D eigenvalue weighted by molar-refractivity contribution is 5.40. The summed E-state index contributed by atoms with van der Waals surface area (Å²) >= 11 is 0. The lowest BCUT2D eigenvalue weighted by molar-refractivity contribution is 0.475. The molecule has 2 aromatic rings. The minimum Gasteiger partial charge on any atom is -0.508 e. The summed E-state index contributed by atoms with van der Waals surface area (Å²) in [6, 6.07) is 7.09. The molecule has 4 heteroatoms. The molecule has 4 nitrogen and oxygen atoms in total. The Hall–Kier alpha value is -1.84. The van der Waals surface area contributed by atoms with E-state index in [1.54, 1.807) is 12.1 Å². The summed E-state index contributed by atoms with van der Waals surface area (Å²) < 4.78 is 1.94. The van der Waals surface area contributed by atoms with Crippen LogP contribution in [0, 0.1) is 6.92 Å². The number of hydrogen-bond donors (Lipinski definition) is 1. The molecule has 0 unspecified atom stereocenters. The van der Waals surface area contributed by atoms with Crippen LogP contribution in [0.2, 0.25) is 0 Å². The summed E-state index contributed by atoms with van der Waals surface area (Å²) in [6.07, 6.45) is 0.816. The number of phenolic OH excluding ortho intramolecular Hbond substituents is 1. The molecule has 78 valence electrons. The summed E-state index contributed by atoms with van der Waals surface area (Å²) in [5, 5.41) is 17.5. The highest BCUT2D eigenvalue weighted by atomic mass is 16.3. The molecule has 1 aromatic carbocycles. The van der Waals surface area contributed by atoms with E-state index < -0.39 is 0 Å². The molecule has 0 spiro atoms. The maximum atomic E-state index is 9.41. The van der Waals surface area contributed by atoms with Crippen LogP contribution < -0.4 is 0 Å². The Morgan fingerprint density at radius 2 is 2.13 bits per heavy atom. The van der Waals surface area contributed by atoms with Gasteiger partial charge in [-0.05, 0) is 19.1 Å². The van der Waals surface area contributed by atoms with E-state index in [0.29, 0.717) is 0 Å². The molecule has 0 atom stereocenters. The van der Waals surface area contributed by atoms with Crippen LogP contribution >= 0.6 is 0 Å². The van der Waals surface area contributed by atoms with Crippen LogP contribution in [0.3, 0.4) is 0 Å². The average Bonchev–Trinajstić information content (AvgIpc) is 2.59. The Bertz CT molecular complexity index is 476. The van der Waals surface area contributed by atoms with Crippen LogP contribution in [0.5, 0.6) is 5.75 Å². The predicted molar refractivity (Wildman–Crippen MR) is 57.1 cm³/mol. The van der Waals surface area contributed by atoms with Gasteiger partial charge >= 0.3 is 0 Å². The standard InChI is InChI=1S/C11H13N3O/c1-3-11-13-12-8(2)14(11)9-5-4-6-10(15)7-9/h4-7,15H,3H2,1-2H3. The number of aromatic hydroxyl groups is 1. The molecule has 0 radical (unpaired) electrons. The lowest BCUT2D eigenvalue weighted by Crippen LogP contribution is -2.01. The zero-order valence-electron chi connectivity index (χ0n) is 8.81. The Balaban J connectivity index is 2.57. The van der Waals surface area contributed by atoms with Crippen molar-refractivity contribution >= 4 is 0 Å². The predicted octanol–water partition coefficient (Wildman–Crippen LogP) is 1.84. The first-order valence-electron chi connectivity index (χ1n) is 4.92. The molecule has 0 saturated carbocycles. The van der Waals surface area contributed by atoms with E-state index in [0.717, 1.165) is 23.8 Å².